The van der Waals surface area contributed by atoms with E-state index in [0.717, 1.165) is 102 Å². The van der Waals surface area contributed by atoms with Crippen molar-refractivity contribution in [3.63, 3.8) is 0 Å². The summed E-state index contributed by atoms with van der Waals surface area (Å²) in [5.41, 5.74) is 0. The zero-order valence-corrected chi connectivity index (χ0v) is 58.6. The van der Waals surface area contributed by atoms with Gasteiger partial charge in [0.2, 0.25) is 0 Å². The van der Waals surface area contributed by atoms with Crippen LogP contribution in [0.3, 0.4) is 0 Å². The minimum absolute atomic E-state index is 0.105. The summed E-state index contributed by atoms with van der Waals surface area (Å²) in [6, 6.07) is 0. The van der Waals surface area contributed by atoms with Gasteiger partial charge in [0.15, 0.2) is 12.2 Å². The molecule has 19 heteroatoms. The summed E-state index contributed by atoms with van der Waals surface area (Å²) < 4.78 is 67.9. The van der Waals surface area contributed by atoms with Crippen LogP contribution in [0.2, 0.25) is 0 Å². The van der Waals surface area contributed by atoms with Crippen molar-refractivity contribution in [3.05, 3.63) is 0 Å². The number of ether oxygens (including phenoxy) is 4. The van der Waals surface area contributed by atoms with E-state index in [1.54, 1.807) is 0 Å². The third-order valence-electron chi connectivity index (χ3n) is 16.0. The fourth-order valence-electron chi connectivity index (χ4n) is 10.5. The number of phosphoric acid groups is 2. The third kappa shape index (κ3) is 62.8. The van der Waals surface area contributed by atoms with Crippen LogP contribution in [0, 0.1) is 5.92 Å². The quantitative estimate of drug-likeness (QED) is 0.0222. The summed E-state index contributed by atoms with van der Waals surface area (Å²) in [6.45, 7) is 7.17. The third-order valence-corrected chi connectivity index (χ3v) is 17.9. The van der Waals surface area contributed by atoms with Crippen molar-refractivity contribution < 1.29 is 80.2 Å². The molecule has 0 saturated heterocycles. The van der Waals surface area contributed by atoms with E-state index < -0.39 is 97.5 Å². The summed E-state index contributed by atoms with van der Waals surface area (Å²) in [5, 5.41) is 10.5. The number of carbonyl (C=O) groups is 4. The van der Waals surface area contributed by atoms with Crippen LogP contribution in [0.25, 0.3) is 0 Å². The van der Waals surface area contributed by atoms with Gasteiger partial charge in [-0.25, -0.2) is 9.13 Å². The van der Waals surface area contributed by atoms with Gasteiger partial charge in [0.05, 0.1) is 26.4 Å². The highest BCUT2D eigenvalue weighted by atomic mass is 31.2. The topological polar surface area (TPSA) is 237 Å². The van der Waals surface area contributed by atoms with Crippen LogP contribution < -0.4 is 0 Å². The molecule has 0 aliphatic carbocycles. The first-order valence-corrected chi connectivity index (χ1v) is 39.1. The molecule has 0 spiro atoms. The van der Waals surface area contributed by atoms with E-state index in [0.29, 0.717) is 25.7 Å². The minimum Gasteiger partial charge on any atom is -0.462 e. The lowest BCUT2D eigenvalue weighted by Gasteiger charge is -2.21. The highest BCUT2D eigenvalue weighted by Gasteiger charge is 2.30. The molecule has 0 aliphatic rings. The second-order valence-electron chi connectivity index (χ2n) is 25.4. The van der Waals surface area contributed by atoms with Crippen LogP contribution in [-0.2, 0) is 65.4 Å². The smallest absolute Gasteiger partial charge is 0.462 e. The number of phosphoric ester groups is 2. The molecule has 88 heavy (non-hydrogen) atoms. The van der Waals surface area contributed by atoms with Gasteiger partial charge < -0.3 is 33.8 Å². The molecule has 0 fully saturated rings. The van der Waals surface area contributed by atoms with E-state index >= 15 is 0 Å². The van der Waals surface area contributed by atoms with E-state index in [1.165, 1.54) is 173 Å². The first-order chi connectivity index (χ1) is 42.5. The van der Waals surface area contributed by atoms with Gasteiger partial charge in [-0.1, -0.05) is 304 Å². The Hall–Kier alpha value is -1.94. The first-order valence-electron chi connectivity index (χ1n) is 36.1. The van der Waals surface area contributed by atoms with Gasteiger partial charge in [0, 0.05) is 25.7 Å². The van der Waals surface area contributed by atoms with Crippen molar-refractivity contribution >= 4 is 39.5 Å². The maximum atomic E-state index is 13.0. The number of unbranched alkanes of at least 4 members (excludes halogenated alkanes) is 41. The summed E-state index contributed by atoms with van der Waals surface area (Å²) in [5.74, 6) is -1.32. The van der Waals surface area contributed by atoms with E-state index in [-0.39, 0.29) is 25.7 Å². The summed E-state index contributed by atoms with van der Waals surface area (Å²) in [6.07, 6.45) is 49.1. The largest absolute Gasteiger partial charge is 0.472 e. The molecule has 0 aromatic carbocycles. The Labute approximate surface area is 537 Å². The molecule has 0 aromatic heterocycles. The molecule has 5 atom stereocenters. The molecule has 0 heterocycles. The van der Waals surface area contributed by atoms with Gasteiger partial charge in [-0.2, -0.15) is 0 Å². The molecule has 0 radical (unpaired) electrons. The van der Waals surface area contributed by atoms with Crippen molar-refractivity contribution in [2.24, 2.45) is 5.92 Å². The molecular formula is C69H134O17P2. The molecule has 2 unspecified atom stereocenters. The Morgan fingerprint density at radius 2 is 0.523 bits per heavy atom. The number of esters is 4. The molecule has 0 aromatic rings. The molecule has 0 bridgehead atoms. The zero-order valence-electron chi connectivity index (χ0n) is 56.9. The Kier molecular flexibility index (Phi) is 61.1. The Morgan fingerprint density at radius 1 is 0.307 bits per heavy atom. The van der Waals surface area contributed by atoms with Crippen molar-refractivity contribution in [2.75, 3.05) is 39.6 Å². The monoisotopic (exact) mass is 1300 g/mol. The van der Waals surface area contributed by atoms with E-state index in [9.17, 15) is 43.2 Å². The maximum absolute atomic E-state index is 13.0. The Balaban J connectivity index is 5.09. The summed E-state index contributed by atoms with van der Waals surface area (Å²) >= 11 is 0. The highest BCUT2D eigenvalue weighted by molar-refractivity contribution is 7.47. The van der Waals surface area contributed by atoms with Crippen LogP contribution in [0.4, 0.5) is 0 Å². The lowest BCUT2D eigenvalue weighted by atomic mass is 10.0. The van der Waals surface area contributed by atoms with Crippen LogP contribution >= 0.6 is 15.6 Å². The standard InChI is InChI=1S/C69H134O17P2/c1-6-9-12-15-17-19-20-27-31-35-38-43-48-53-67(72)80-59-65(86-69(74)55-50-45-40-36-32-29-26-24-22-21-23-25-28-30-34-37-42-46-51-62(4)5)61-84-88(77,78)82-57-63(70)56-81-87(75,76)83-60-64(58-79-66(71)52-47-41-14-11-8-3)85-68(73)54-49-44-39-33-18-16-13-10-7-2/h62-65,70H,6-61H2,1-5H3,(H,75,76)(H,77,78)/t63-,64+,65+/m0/s1. The van der Waals surface area contributed by atoms with Gasteiger partial charge in [0.1, 0.15) is 19.3 Å². The Morgan fingerprint density at radius 3 is 0.773 bits per heavy atom. The second kappa shape index (κ2) is 62.5. The zero-order chi connectivity index (χ0) is 64.9. The number of hydrogen-bond acceptors (Lipinski definition) is 15. The maximum Gasteiger partial charge on any atom is 0.472 e. The lowest BCUT2D eigenvalue weighted by Crippen LogP contribution is -2.30. The normalized spacial score (nSPS) is 14.1. The molecule has 0 saturated carbocycles. The molecule has 0 rings (SSSR count). The Bertz CT molecular complexity index is 1700. The predicted molar refractivity (Wildman–Crippen MR) is 354 cm³/mol. The van der Waals surface area contributed by atoms with Crippen LogP contribution in [-0.4, -0.2) is 96.7 Å². The fourth-order valence-corrected chi connectivity index (χ4v) is 12.0. The molecule has 17 nitrogen and oxygen atoms in total. The number of carbonyl (C=O) groups excluding carboxylic acids is 4. The SMILES string of the molecule is CCCCCCCCCCCCCCCC(=O)OC[C@H](COP(=O)(O)OC[C@@H](O)COP(=O)(O)OC[C@@H](COC(=O)CCCCCCC)OC(=O)CCCCCCCCCCC)OC(=O)CCCCCCCCCCCCCCCCCCCCC(C)C. The van der Waals surface area contributed by atoms with Crippen molar-refractivity contribution in [3.8, 4) is 0 Å². The number of aliphatic hydroxyl groups is 1. The molecule has 0 amide bonds. The van der Waals surface area contributed by atoms with Gasteiger partial charge in [-0.15, -0.1) is 0 Å². The molecule has 522 valence electrons. The molecule has 0 aliphatic heterocycles. The number of aliphatic hydroxyl groups excluding tert-OH is 1. The van der Waals surface area contributed by atoms with Gasteiger partial charge in [-0.3, -0.25) is 37.3 Å². The van der Waals surface area contributed by atoms with Crippen LogP contribution in [0.1, 0.15) is 356 Å². The van der Waals surface area contributed by atoms with Crippen LogP contribution in [0.15, 0.2) is 0 Å². The fraction of sp³-hybridized carbons (Fsp3) is 0.942. The summed E-state index contributed by atoms with van der Waals surface area (Å²) in [4.78, 5) is 72.1. The summed E-state index contributed by atoms with van der Waals surface area (Å²) in [7, 11) is -9.88. The second-order valence-corrected chi connectivity index (χ2v) is 28.3. The lowest BCUT2D eigenvalue weighted by molar-refractivity contribution is -0.161. The van der Waals surface area contributed by atoms with Gasteiger partial charge >= 0.3 is 39.5 Å². The van der Waals surface area contributed by atoms with Gasteiger partial charge in [-0.05, 0) is 31.6 Å². The van der Waals surface area contributed by atoms with E-state index in [4.69, 9.17) is 37.0 Å². The van der Waals surface area contributed by atoms with Crippen LogP contribution in [0.5, 0.6) is 0 Å². The number of hydrogen-bond donors (Lipinski definition) is 3. The minimum atomic E-state index is -4.95. The average Bonchev–Trinajstić information content (AvgIpc) is 3.59. The molecule has 3 N–H and O–H groups in total. The van der Waals surface area contributed by atoms with E-state index in [1.807, 2.05) is 0 Å². The van der Waals surface area contributed by atoms with Crippen molar-refractivity contribution in [1.29, 1.82) is 0 Å². The van der Waals surface area contributed by atoms with Crippen molar-refractivity contribution in [1.82, 2.24) is 0 Å². The van der Waals surface area contributed by atoms with E-state index in [2.05, 4.69) is 34.6 Å². The van der Waals surface area contributed by atoms with Gasteiger partial charge in [0.25, 0.3) is 0 Å². The first kappa shape index (κ1) is 86.1. The highest BCUT2D eigenvalue weighted by Crippen LogP contribution is 2.45. The average molecular weight is 1300 g/mol. The number of rotatable bonds is 69. The predicted octanol–water partition coefficient (Wildman–Crippen LogP) is 19.7. The van der Waals surface area contributed by atoms with Crippen molar-refractivity contribution in [2.45, 2.75) is 374 Å². The molecular weight excluding hydrogens is 1160 g/mol.